The lowest BCUT2D eigenvalue weighted by atomic mass is 10.2. The van der Waals surface area contributed by atoms with Gasteiger partial charge in [0, 0.05) is 25.5 Å². The van der Waals surface area contributed by atoms with Crippen LogP contribution in [0.15, 0.2) is 6.07 Å². The Hall–Kier alpha value is -1.03. The van der Waals surface area contributed by atoms with Gasteiger partial charge >= 0.3 is 0 Å². The third-order valence-corrected chi connectivity index (χ3v) is 2.91. The van der Waals surface area contributed by atoms with E-state index in [0.717, 1.165) is 12.1 Å². The molecule has 96 valence electrons. The van der Waals surface area contributed by atoms with Crippen LogP contribution in [0.25, 0.3) is 0 Å². The summed E-state index contributed by atoms with van der Waals surface area (Å²) < 4.78 is 1.63. The molecule has 0 aromatic carbocycles. The van der Waals surface area contributed by atoms with E-state index >= 15 is 0 Å². The minimum absolute atomic E-state index is 0.0215. The Bertz CT molecular complexity index is 387. The first-order valence-corrected chi connectivity index (χ1v) is 6.38. The summed E-state index contributed by atoms with van der Waals surface area (Å²) in [4.78, 5) is 14.2. The van der Waals surface area contributed by atoms with Gasteiger partial charge in [0.05, 0.1) is 5.69 Å². The van der Waals surface area contributed by atoms with Crippen molar-refractivity contribution in [1.82, 2.24) is 14.7 Å². The van der Waals surface area contributed by atoms with E-state index in [0.29, 0.717) is 18.1 Å². The van der Waals surface area contributed by atoms with Crippen molar-refractivity contribution in [2.75, 3.05) is 12.4 Å². The molecule has 0 aliphatic carbocycles. The number of hydrogen-bond donors (Lipinski definition) is 0. The fourth-order valence-corrected chi connectivity index (χ4v) is 1.90. The highest BCUT2D eigenvalue weighted by Crippen LogP contribution is 2.10. The van der Waals surface area contributed by atoms with Crippen LogP contribution in [0.1, 0.15) is 36.5 Å². The summed E-state index contributed by atoms with van der Waals surface area (Å²) >= 11 is 5.68. The highest BCUT2D eigenvalue weighted by molar-refractivity contribution is 6.17. The minimum Gasteiger partial charge on any atom is -0.335 e. The van der Waals surface area contributed by atoms with E-state index in [2.05, 4.69) is 5.10 Å². The molecule has 1 aromatic heterocycles. The number of alkyl halides is 1. The molecule has 4 nitrogen and oxygen atoms in total. The van der Waals surface area contributed by atoms with Crippen LogP contribution in [-0.4, -0.2) is 39.1 Å². The van der Waals surface area contributed by atoms with Crippen molar-refractivity contribution in [2.45, 2.75) is 33.2 Å². The number of rotatable bonds is 5. The van der Waals surface area contributed by atoms with E-state index in [4.69, 9.17) is 11.6 Å². The lowest BCUT2D eigenvalue weighted by Gasteiger charge is -2.26. The van der Waals surface area contributed by atoms with Crippen molar-refractivity contribution >= 4 is 17.5 Å². The molecule has 1 aromatic rings. The summed E-state index contributed by atoms with van der Waals surface area (Å²) in [5.41, 5.74) is 1.49. The molecule has 1 rings (SSSR count). The molecule has 1 amide bonds. The number of halogens is 1. The SMILES string of the molecule is Cc1cc(C(=O)N(CCCCl)C(C)C)n(C)n1. The van der Waals surface area contributed by atoms with Gasteiger partial charge in [0.25, 0.3) is 5.91 Å². The molecule has 0 unspecified atom stereocenters. The predicted octanol–water partition coefficient (Wildman–Crippen LogP) is 2.21. The molecule has 0 N–H and O–H groups in total. The normalized spacial score (nSPS) is 10.9. The first kappa shape index (κ1) is 14.0. The number of carbonyl (C=O) groups excluding carboxylic acids is 1. The fourth-order valence-electron chi connectivity index (χ4n) is 1.78. The zero-order valence-electron chi connectivity index (χ0n) is 10.9. The highest BCUT2D eigenvalue weighted by atomic mass is 35.5. The van der Waals surface area contributed by atoms with Crippen LogP contribution in [0.4, 0.5) is 0 Å². The maximum absolute atomic E-state index is 12.3. The van der Waals surface area contributed by atoms with E-state index in [9.17, 15) is 4.79 Å². The molecule has 0 saturated heterocycles. The molecule has 0 aliphatic heterocycles. The molecule has 0 saturated carbocycles. The van der Waals surface area contributed by atoms with E-state index in [1.165, 1.54) is 0 Å². The number of amides is 1. The van der Waals surface area contributed by atoms with Gasteiger partial charge in [-0.2, -0.15) is 5.10 Å². The minimum atomic E-state index is 0.0215. The number of carbonyl (C=O) groups is 1. The lowest BCUT2D eigenvalue weighted by Crippen LogP contribution is -2.38. The summed E-state index contributed by atoms with van der Waals surface area (Å²) in [6, 6.07) is 1.99. The third kappa shape index (κ3) is 3.46. The molecule has 5 heteroatoms. The average Bonchev–Trinajstić information content (AvgIpc) is 2.57. The van der Waals surface area contributed by atoms with Gasteiger partial charge in [-0.15, -0.1) is 11.6 Å². The molecule has 0 fully saturated rings. The van der Waals surface area contributed by atoms with Gasteiger partial charge in [-0.25, -0.2) is 0 Å². The highest BCUT2D eigenvalue weighted by Gasteiger charge is 2.21. The summed E-state index contributed by atoms with van der Waals surface area (Å²) in [5, 5.41) is 4.20. The third-order valence-electron chi connectivity index (χ3n) is 2.64. The van der Waals surface area contributed by atoms with Crippen LogP contribution in [0.5, 0.6) is 0 Å². The second-order valence-corrected chi connectivity index (χ2v) is 4.81. The molecule has 1 heterocycles. The Morgan fingerprint density at radius 2 is 2.24 bits per heavy atom. The van der Waals surface area contributed by atoms with Gasteiger partial charge in [-0.3, -0.25) is 9.48 Å². The van der Waals surface area contributed by atoms with Gasteiger partial charge in [0.15, 0.2) is 0 Å². The number of aromatic nitrogens is 2. The van der Waals surface area contributed by atoms with Crippen LogP contribution in [0, 0.1) is 6.92 Å². The van der Waals surface area contributed by atoms with Crippen molar-refractivity contribution in [3.8, 4) is 0 Å². The summed E-state index contributed by atoms with van der Waals surface area (Å²) in [7, 11) is 1.79. The summed E-state index contributed by atoms with van der Waals surface area (Å²) in [5.74, 6) is 0.592. The van der Waals surface area contributed by atoms with Gasteiger partial charge in [0.1, 0.15) is 5.69 Å². The van der Waals surface area contributed by atoms with E-state index in [1.54, 1.807) is 11.7 Å². The Morgan fingerprint density at radius 1 is 1.59 bits per heavy atom. The van der Waals surface area contributed by atoms with E-state index in [1.807, 2.05) is 31.7 Å². The van der Waals surface area contributed by atoms with E-state index < -0.39 is 0 Å². The second-order valence-electron chi connectivity index (χ2n) is 4.43. The average molecular weight is 258 g/mol. The van der Waals surface area contributed by atoms with Crippen molar-refractivity contribution in [1.29, 1.82) is 0 Å². The van der Waals surface area contributed by atoms with Gasteiger partial charge in [-0.05, 0) is 33.3 Å². The largest absolute Gasteiger partial charge is 0.335 e. The van der Waals surface area contributed by atoms with Crippen LogP contribution in [0.2, 0.25) is 0 Å². The number of hydrogen-bond acceptors (Lipinski definition) is 2. The molecule has 0 bridgehead atoms. The predicted molar refractivity (Wildman–Crippen MR) is 69.5 cm³/mol. The Kier molecular flexibility index (Phi) is 5.00. The van der Waals surface area contributed by atoms with Gasteiger partial charge in [0.2, 0.25) is 0 Å². The summed E-state index contributed by atoms with van der Waals surface area (Å²) in [6.07, 6.45) is 0.808. The molecular formula is C12H20ClN3O. The maximum Gasteiger partial charge on any atom is 0.272 e. The Labute approximate surface area is 108 Å². The van der Waals surface area contributed by atoms with Crippen molar-refractivity contribution in [3.05, 3.63) is 17.5 Å². The summed E-state index contributed by atoms with van der Waals surface area (Å²) in [6.45, 7) is 6.59. The second kappa shape index (κ2) is 6.05. The quantitative estimate of drug-likeness (QED) is 0.759. The Morgan fingerprint density at radius 3 is 2.65 bits per heavy atom. The van der Waals surface area contributed by atoms with Gasteiger partial charge in [-0.1, -0.05) is 0 Å². The number of aryl methyl sites for hydroxylation is 2. The number of nitrogens with zero attached hydrogens (tertiary/aromatic N) is 3. The van der Waals surface area contributed by atoms with Crippen molar-refractivity contribution in [3.63, 3.8) is 0 Å². The van der Waals surface area contributed by atoms with Crippen LogP contribution in [0.3, 0.4) is 0 Å². The standard InChI is InChI=1S/C12H20ClN3O/c1-9(2)16(7-5-6-13)12(17)11-8-10(3)14-15(11)4/h8-9H,5-7H2,1-4H3. The molecular weight excluding hydrogens is 238 g/mol. The zero-order chi connectivity index (χ0) is 13.0. The topological polar surface area (TPSA) is 38.1 Å². The fraction of sp³-hybridized carbons (Fsp3) is 0.667. The zero-order valence-corrected chi connectivity index (χ0v) is 11.7. The van der Waals surface area contributed by atoms with Crippen LogP contribution < -0.4 is 0 Å². The lowest BCUT2D eigenvalue weighted by molar-refractivity contribution is 0.0695. The van der Waals surface area contributed by atoms with Crippen molar-refractivity contribution < 1.29 is 4.79 Å². The van der Waals surface area contributed by atoms with Crippen LogP contribution >= 0.6 is 11.6 Å². The monoisotopic (exact) mass is 257 g/mol. The Balaban J connectivity index is 2.87. The molecule has 17 heavy (non-hydrogen) atoms. The smallest absolute Gasteiger partial charge is 0.272 e. The van der Waals surface area contributed by atoms with E-state index in [-0.39, 0.29) is 11.9 Å². The first-order valence-electron chi connectivity index (χ1n) is 5.85. The molecule has 0 spiro atoms. The van der Waals surface area contributed by atoms with Crippen LogP contribution in [-0.2, 0) is 7.05 Å². The van der Waals surface area contributed by atoms with Crippen molar-refractivity contribution in [2.24, 2.45) is 7.05 Å². The molecule has 0 aliphatic rings. The first-order chi connectivity index (χ1) is 7.97. The molecule has 0 atom stereocenters. The maximum atomic E-state index is 12.3. The van der Waals surface area contributed by atoms with Gasteiger partial charge < -0.3 is 4.90 Å². The molecule has 0 radical (unpaired) electrons.